The van der Waals surface area contributed by atoms with Crippen molar-refractivity contribution in [3.05, 3.63) is 16.4 Å². The Morgan fingerprint density at radius 1 is 1.53 bits per heavy atom. The summed E-state index contributed by atoms with van der Waals surface area (Å²) in [7, 11) is -3.10. The highest BCUT2D eigenvalue weighted by molar-refractivity contribution is 7.91. The molecule has 1 aliphatic heterocycles. The molecule has 1 atom stereocenters. The fourth-order valence-corrected chi connectivity index (χ4v) is 3.64. The highest BCUT2D eigenvalue weighted by Crippen LogP contribution is 2.32. The van der Waals surface area contributed by atoms with Crippen molar-refractivity contribution in [3.8, 4) is 0 Å². The standard InChI is InChI=1S/C9H13N5O4S/c1-6-4-19(17,18)3-2-13(6)9-7(14(15)16)8(10)11-5-12-9/h5-6H,2-4H2,1H3,(H2,10,11,12). The lowest BCUT2D eigenvalue weighted by atomic mass is 10.3. The minimum atomic E-state index is -3.10. The van der Waals surface area contributed by atoms with E-state index in [4.69, 9.17) is 5.73 Å². The molecule has 2 N–H and O–H groups in total. The van der Waals surface area contributed by atoms with Gasteiger partial charge in [0.2, 0.25) is 11.6 Å². The number of hydrogen-bond acceptors (Lipinski definition) is 8. The highest BCUT2D eigenvalue weighted by atomic mass is 32.2. The van der Waals surface area contributed by atoms with Crippen molar-refractivity contribution in [1.82, 2.24) is 9.97 Å². The first-order valence-electron chi connectivity index (χ1n) is 5.54. The van der Waals surface area contributed by atoms with Crippen LogP contribution in [0, 0.1) is 10.1 Å². The topological polar surface area (TPSA) is 132 Å². The van der Waals surface area contributed by atoms with Crippen molar-refractivity contribution in [2.45, 2.75) is 13.0 Å². The molecule has 9 nitrogen and oxygen atoms in total. The number of nitrogen functional groups attached to an aromatic ring is 1. The van der Waals surface area contributed by atoms with E-state index in [2.05, 4.69) is 9.97 Å². The number of hydrogen-bond donors (Lipinski definition) is 1. The molecule has 0 spiro atoms. The largest absolute Gasteiger partial charge is 0.378 e. The third kappa shape index (κ3) is 2.57. The van der Waals surface area contributed by atoms with Crippen LogP contribution in [-0.2, 0) is 9.84 Å². The number of rotatable bonds is 2. The lowest BCUT2D eigenvalue weighted by molar-refractivity contribution is -0.383. The maximum atomic E-state index is 11.5. The van der Waals surface area contributed by atoms with Gasteiger partial charge in [0, 0.05) is 12.6 Å². The molecular weight excluding hydrogens is 274 g/mol. The van der Waals surface area contributed by atoms with Gasteiger partial charge < -0.3 is 10.6 Å². The van der Waals surface area contributed by atoms with E-state index < -0.39 is 20.8 Å². The first-order chi connectivity index (χ1) is 8.82. The van der Waals surface area contributed by atoms with Crippen molar-refractivity contribution in [2.24, 2.45) is 0 Å². The van der Waals surface area contributed by atoms with Crippen LogP contribution in [0.3, 0.4) is 0 Å². The Bertz CT molecular complexity index is 617. The van der Waals surface area contributed by atoms with Crippen molar-refractivity contribution < 1.29 is 13.3 Å². The summed E-state index contributed by atoms with van der Waals surface area (Å²) >= 11 is 0. The minimum absolute atomic E-state index is 0.0571. The summed E-state index contributed by atoms with van der Waals surface area (Å²) in [5, 5.41) is 11.0. The Balaban J connectivity index is 2.43. The molecule has 1 aliphatic rings. The summed E-state index contributed by atoms with van der Waals surface area (Å²) in [6.07, 6.45) is 1.13. The van der Waals surface area contributed by atoms with E-state index in [1.54, 1.807) is 11.8 Å². The molecule has 0 bridgehead atoms. The zero-order valence-electron chi connectivity index (χ0n) is 10.2. The number of aromatic nitrogens is 2. The Morgan fingerprint density at radius 3 is 2.79 bits per heavy atom. The quantitative estimate of drug-likeness (QED) is 0.573. The molecule has 1 unspecified atom stereocenters. The predicted molar refractivity (Wildman–Crippen MR) is 68.6 cm³/mol. The van der Waals surface area contributed by atoms with Crippen molar-refractivity contribution in [2.75, 3.05) is 28.7 Å². The second-order valence-corrected chi connectivity index (χ2v) is 6.57. The third-order valence-electron chi connectivity index (χ3n) is 2.96. The van der Waals surface area contributed by atoms with Gasteiger partial charge in [0.15, 0.2) is 9.84 Å². The number of sulfone groups is 1. The maximum absolute atomic E-state index is 11.5. The second kappa shape index (κ2) is 4.61. The van der Waals surface area contributed by atoms with Gasteiger partial charge in [-0.25, -0.2) is 18.4 Å². The molecule has 2 rings (SSSR count). The van der Waals surface area contributed by atoms with E-state index in [1.807, 2.05) is 0 Å². The lowest BCUT2D eigenvalue weighted by Gasteiger charge is -2.33. The third-order valence-corrected chi connectivity index (χ3v) is 4.75. The van der Waals surface area contributed by atoms with Crippen LogP contribution in [0.25, 0.3) is 0 Å². The van der Waals surface area contributed by atoms with Crippen LogP contribution in [0.15, 0.2) is 6.33 Å². The molecule has 10 heteroatoms. The van der Waals surface area contributed by atoms with Gasteiger partial charge in [-0.1, -0.05) is 0 Å². The SMILES string of the molecule is CC1CS(=O)(=O)CCN1c1ncnc(N)c1[N+](=O)[O-]. The minimum Gasteiger partial charge on any atom is -0.378 e. The van der Waals surface area contributed by atoms with Crippen molar-refractivity contribution in [3.63, 3.8) is 0 Å². The van der Waals surface area contributed by atoms with E-state index >= 15 is 0 Å². The molecule has 0 aliphatic carbocycles. The van der Waals surface area contributed by atoms with E-state index in [0.717, 1.165) is 6.33 Å². The predicted octanol–water partition coefficient (Wildman–Crippen LogP) is -0.410. The Kier molecular flexibility index (Phi) is 3.27. The summed E-state index contributed by atoms with van der Waals surface area (Å²) in [5.41, 5.74) is 5.11. The molecule has 0 radical (unpaired) electrons. The molecule has 1 aromatic heterocycles. The van der Waals surface area contributed by atoms with Gasteiger partial charge in [0.25, 0.3) is 0 Å². The van der Waals surface area contributed by atoms with Crippen LogP contribution < -0.4 is 10.6 Å². The normalized spacial score (nSPS) is 22.2. The maximum Gasteiger partial charge on any atom is 0.353 e. The van der Waals surface area contributed by atoms with Crippen LogP contribution >= 0.6 is 0 Å². The molecule has 0 saturated carbocycles. The number of nitrogens with zero attached hydrogens (tertiary/aromatic N) is 4. The van der Waals surface area contributed by atoms with Crippen LogP contribution in [0.1, 0.15) is 6.92 Å². The van der Waals surface area contributed by atoms with Gasteiger partial charge in [-0.15, -0.1) is 0 Å². The molecule has 0 aromatic carbocycles. The lowest BCUT2D eigenvalue weighted by Crippen LogP contribution is -2.47. The monoisotopic (exact) mass is 287 g/mol. The molecule has 1 fully saturated rings. The molecule has 2 heterocycles. The second-order valence-electron chi connectivity index (χ2n) is 4.35. The molecule has 0 amide bonds. The summed E-state index contributed by atoms with van der Waals surface area (Å²) < 4.78 is 23.0. The van der Waals surface area contributed by atoms with E-state index in [9.17, 15) is 18.5 Å². The fraction of sp³-hybridized carbons (Fsp3) is 0.556. The van der Waals surface area contributed by atoms with Crippen molar-refractivity contribution in [1.29, 1.82) is 0 Å². The Labute approximate surface area is 109 Å². The van der Waals surface area contributed by atoms with Crippen LogP contribution in [0.4, 0.5) is 17.3 Å². The van der Waals surface area contributed by atoms with Gasteiger partial charge in [0.1, 0.15) is 6.33 Å². The van der Waals surface area contributed by atoms with Gasteiger partial charge >= 0.3 is 5.69 Å². The first-order valence-corrected chi connectivity index (χ1v) is 7.36. The van der Waals surface area contributed by atoms with E-state index in [1.165, 1.54) is 0 Å². The van der Waals surface area contributed by atoms with Crippen LogP contribution in [0.5, 0.6) is 0 Å². The van der Waals surface area contributed by atoms with Gasteiger partial charge in [-0.2, -0.15) is 0 Å². The Hall–Kier alpha value is -1.97. The van der Waals surface area contributed by atoms with Gasteiger partial charge in [0.05, 0.1) is 16.4 Å². The van der Waals surface area contributed by atoms with Crippen LogP contribution in [-0.4, -0.2) is 47.4 Å². The van der Waals surface area contributed by atoms with E-state index in [-0.39, 0.29) is 35.4 Å². The molecule has 1 saturated heterocycles. The summed E-state index contributed by atoms with van der Waals surface area (Å²) in [5.74, 6) is -0.276. The number of nitrogens with two attached hydrogens (primary N) is 1. The summed E-state index contributed by atoms with van der Waals surface area (Å²) in [4.78, 5) is 19.4. The zero-order valence-corrected chi connectivity index (χ0v) is 11.0. The van der Waals surface area contributed by atoms with E-state index in [0.29, 0.717) is 0 Å². The highest BCUT2D eigenvalue weighted by Gasteiger charge is 2.34. The molecule has 104 valence electrons. The number of nitro groups is 1. The number of anilines is 2. The summed E-state index contributed by atoms with van der Waals surface area (Å²) in [6.45, 7) is 1.83. The molecule has 1 aromatic rings. The summed E-state index contributed by atoms with van der Waals surface area (Å²) in [6, 6.07) is -0.397. The van der Waals surface area contributed by atoms with Gasteiger partial charge in [-0.3, -0.25) is 10.1 Å². The Morgan fingerprint density at radius 2 is 2.21 bits per heavy atom. The zero-order chi connectivity index (χ0) is 14.2. The molecule has 19 heavy (non-hydrogen) atoms. The first kappa shape index (κ1) is 13.5. The molecular formula is C9H13N5O4S. The van der Waals surface area contributed by atoms with Gasteiger partial charge in [-0.05, 0) is 6.92 Å². The van der Waals surface area contributed by atoms with Crippen LogP contribution in [0.2, 0.25) is 0 Å². The average molecular weight is 287 g/mol. The average Bonchev–Trinajstić information content (AvgIpc) is 2.26. The van der Waals surface area contributed by atoms with Crippen molar-refractivity contribution >= 4 is 27.2 Å². The smallest absolute Gasteiger partial charge is 0.353 e. The fourth-order valence-electron chi connectivity index (χ4n) is 2.08.